The molecule has 1 N–H and O–H groups in total. The molecule has 2 heterocycles. The number of halogens is 1. The number of pyridine rings is 1. The summed E-state index contributed by atoms with van der Waals surface area (Å²) in [4.78, 5) is 19.3. The van der Waals surface area contributed by atoms with Crippen molar-refractivity contribution < 1.29 is 9.53 Å². The number of hydrogen-bond acceptors (Lipinski definition) is 4. The molecule has 7 heteroatoms. The van der Waals surface area contributed by atoms with Crippen LogP contribution in [0.3, 0.4) is 0 Å². The van der Waals surface area contributed by atoms with Crippen LogP contribution < -0.4 is 10.1 Å². The number of imidazole rings is 1. The van der Waals surface area contributed by atoms with Gasteiger partial charge in [0.15, 0.2) is 0 Å². The monoisotopic (exact) mass is 386 g/mol. The Kier molecular flexibility index (Phi) is 5.68. The fourth-order valence-corrected chi connectivity index (χ4v) is 3.26. The molecule has 27 heavy (non-hydrogen) atoms. The van der Waals surface area contributed by atoms with Crippen LogP contribution in [0.4, 0.5) is 0 Å². The highest BCUT2D eigenvalue weighted by molar-refractivity contribution is 6.30. The average Bonchev–Trinajstić information content (AvgIpc) is 2.96. The van der Waals surface area contributed by atoms with Gasteiger partial charge in [0.25, 0.3) is 5.91 Å². The topological polar surface area (TPSA) is 58.9 Å². The summed E-state index contributed by atoms with van der Waals surface area (Å²) in [5.74, 6) is 0.642. The number of aromatic nitrogens is 2. The van der Waals surface area contributed by atoms with Crippen molar-refractivity contribution >= 4 is 23.2 Å². The van der Waals surface area contributed by atoms with E-state index in [2.05, 4.69) is 15.2 Å². The summed E-state index contributed by atoms with van der Waals surface area (Å²) in [6.07, 6.45) is 1.76. The van der Waals surface area contributed by atoms with E-state index in [9.17, 15) is 4.79 Å². The third-order valence-corrected chi connectivity index (χ3v) is 4.79. The zero-order valence-electron chi connectivity index (χ0n) is 15.9. The van der Waals surface area contributed by atoms with Crippen molar-refractivity contribution in [2.75, 3.05) is 27.7 Å². The molecule has 1 amide bonds. The summed E-state index contributed by atoms with van der Waals surface area (Å²) in [7, 11) is 5.62. The second kappa shape index (κ2) is 7.98. The predicted octanol–water partition coefficient (Wildman–Crippen LogP) is 3.34. The van der Waals surface area contributed by atoms with Crippen molar-refractivity contribution in [2.45, 2.75) is 13.0 Å². The lowest BCUT2D eigenvalue weighted by atomic mass is 10.1. The van der Waals surface area contributed by atoms with Crippen LogP contribution in [0.2, 0.25) is 5.02 Å². The van der Waals surface area contributed by atoms with Crippen molar-refractivity contribution in [3.05, 3.63) is 64.6 Å². The Morgan fingerprint density at radius 1 is 1.30 bits per heavy atom. The SMILES string of the molecule is COc1ccc(C(CNC(=O)c2c(C)nc3cc(Cl)ccn23)N(C)C)cc1. The van der Waals surface area contributed by atoms with Gasteiger partial charge in [-0.3, -0.25) is 9.20 Å². The van der Waals surface area contributed by atoms with Gasteiger partial charge >= 0.3 is 0 Å². The Bertz CT molecular complexity index is 951. The average molecular weight is 387 g/mol. The molecule has 0 aliphatic heterocycles. The van der Waals surface area contributed by atoms with E-state index in [0.29, 0.717) is 28.6 Å². The maximum Gasteiger partial charge on any atom is 0.270 e. The molecule has 0 fully saturated rings. The zero-order valence-corrected chi connectivity index (χ0v) is 16.6. The third kappa shape index (κ3) is 4.07. The van der Waals surface area contributed by atoms with E-state index in [1.165, 1.54) is 0 Å². The number of methoxy groups -OCH3 is 1. The summed E-state index contributed by atoms with van der Waals surface area (Å²) in [6, 6.07) is 11.4. The van der Waals surface area contributed by atoms with Crippen LogP contribution in [-0.2, 0) is 0 Å². The molecule has 0 aliphatic rings. The van der Waals surface area contributed by atoms with Crippen molar-refractivity contribution in [1.82, 2.24) is 19.6 Å². The number of benzene rings is 1. The number of fused-ring (bicyclic) bond motifs is 1. The van der Waals surface area contributed by atoms with Gasteiger partial charge in [0.2, 0.25) is 0 Å². The predicted molar refractivity (Wildman–Crippen MR) is 107 cm³/mol. The lowest BCUT2D eigenvalue weighted by Crippen LogP contribution is -2.35. The van der Waals surface area contributed by atoms with E-state index in [4.69, 9.17) is 16.3 Å². The first-order valence-electron chi connectivity index (χ1n) is 8.63. The number of carbonyl (C=O) groups is 1. The van der Waals surface area contributed by atoms with E-state index in [1.807, 2.05) is 45.3 Å². The number of likely N-dealkylation sites (N-methyl/N-ethyl adjacent to an activating group) is 1. The highest BCUT2D eigenvalue weighted by Crippen LogP contribution is 2.21. The molecule has 3 rings (SSSR count). The zero-order chi connectivity index (χ0) is 19.6. The first-order chi connectivity index (χ1) is 12.9. The number of aryl methyl sites for hydroxylation is 1. The smallest absolute Gasteiger partial charge is 0.270 e. The summed E-state index contributed by atoms with van der Waals surface area (Å²) in [5, 5.41) is 3.62. The van der Waals surface area contributed by atoms with Crippen LogP contribution in [0.1, 0.15) is 27.8 Å². The number of amides is 1. The van der Waals surface area contributed by atoms with Gasteiger partial charge in [0.1, 0.15) is 17.1 Å². The molecular formula is C20H23ClN4O2. The first kappa shape index (κ1) is 19.2. The molecule has 0 bridgehead atoms. The first-order valence-corrected chi connectivity index (χ1v) is 9.01. The Morgan fingerprint density at radius 3 is 2.63 bits per heavy atom. The second-order valence-corrected chi connectivity index (χ2v) is 7.02. The molecule has 0 aliphatic carbocycles. The molecule has 0 saturated heterocycles. The van der Waals surface area contributed by atoms with Gasteiger partial charge in [0.05, 0.1) is 18.8 Å². The summed E-state index contributed by atoms with van der Waals surface area (Å²) in [6.45, 7) is 2.29. The lowest BCUT2D eigenvalue weighted by Gasteiger charge is -2.25. The van der Waals surface area contributed by atoms with Crippen molar-refractivity contribution in [1.29, 1.82) is 0 Å². The van der Waals surface area contributed by atoms with Crippen molar-refractivity contribution in [2.24, 2.45) is 0 Å². The minimum atomic E-state index is -0.164. The minimum Gasteiger partial charge on any atom is -0.497 e. The number of rotatable bonds is 6. The summed E-state index contributed by atoms with van der Waals surface area (Å²) in [5.41, 5.74) is 2.95. The fourth-order valence-electron chi connectivity index (χ4n) is 3.11. The number of hydrogen-bond donors (Lipinski definition) is 1. The minimum absolute atomic E-state index is 0.0359. The highest BCUT2D eigenvalue weighted by atomic mass is 35.5. The largest absolute Gasteiger partial charge is 0.497 e. The van der Waals surface area contributed by atoms with Crippen LogP contribution in [-0.4, -0.2) is 47.9 Å². The Labute approximate surface area is 163 Å². The molecule has 1 atom stereocenters. The number of carbonyl (C=O) groups excluding carboxylic acids is 1. The number of nitrogens with one attached hydrogen (secondary N) is 1. The maximum atomic E-state index is 12.8. The van der Waals surface area contributed by atoms with E-state index in [1.54, 1.807) is 29.8 Å². The van der Waals surface area contributed by atoms with E-state index >= 15 is 0 Å². The summed E-state index contributed by atoms with van der Waals surface area (Å²) >= 11 is 6.02. The van der Waals surface area contributed by atoms with Crippen LogP contribution >= 0.6 is 11.6 Å². The fraction of sp³-hybridized carbons (Fsp3) is 0.300. The van der Waals surface area contributed by atoms with Gasteiger partial charge in [-0.25, -0.2) is 4.98 Å². The molecule has 2 aromatic heterocycles. The van der Waals surface area contributed by atoms with Gasteiger partial charge < -0.3 is 15.0 Å². The van der Waals surface area contributed by atoms with E-state index in [-0.39, 0.29) is 11.9 Å². The molecule has 0 saturated carbocycles. The highest BCUT2D eigenvalue weighted by Gasteiger charge is 2.20. The Morgan fingerprint density at radius 2 is 2.00 bits per heavy atom. The quantitative estimate of drug-likeness (QED) is 0.705. The molecular weight excluding hydrogens is 364 g/mol. The van der Waals surface area contributed by atoms with Gasteiger partial charge in [-0.2, -0.15) is 0 Å². The van der Waals surface area contributed by atoms with Crippen molar-refractivity contribution in [3.8, 4) is 5.75 Å². The van der Waals surface area contributed by atoms with Gasteiger partial charge in [-0.15, -0.1) is 0 Å². The van der Waals surface area contributed by atoms with Gasteiger partial charge in [-0.1, -0.05) is 23.7 Å². The lowest BCUT2D eigenvalue weighted by molar-refractivity contribution is 0.0935. The van der Waals surface area contributed by atoms with Gasteiger partial charge in [-0.05, 0) is 44.8 Å². The molecule has 1 aromatic carbocycles. The standard InChI is InChI=1S/C20H23ClN4O2/c1-13-19(25-10-9-15(21)11-18(25)23-13)20(26)22-12-17(24(2)3)14-5-7-16(27-4)8-6-14/h5-11,17H,12H2,1-4H3,(H,22,26). The molecule has 3 aromatic rings. The van der Waals surface area contributed by atoms with Crippen LogP contribution in [0.25, 0.3) is 5.65 Å². The molecule has 142 valence electrons. The van der Waals surface area contributed by atoms with Gasteiger partial charge in [0, 0.05) is 23.8 Å². The normalized spacial score (nSPS) is 12.4. The van der Waals surface area contributed by atoms with Crippen LogP contribution in [0.5, 0.6) is 5.75 Å². The molecule has 1 unspecified atom stereocenters. The van der Waals surface area contributed by atoms with E-state index < -0.39 is 0 Å². The Balaban J connectivity index is 1.79. The molecule has 0 spiro atoms. The third-order valence-electron chi connectivity index (χ3n) is 4.56. The summed E-state index contributed by atoms with van der Waals surface area (Å²) < 4.78 is 6.98. The van der Waals surface area contributed by atoms with Crippen LogP contribution in [0.15, 0.2) is 42.6 Å². The van der Waals surface area contributed by atoms with E-state index in [0.717, 1.165) is 11.3 Å². The number of ether oxygens (including phenoxy) is 1. The Hall–Kier alpha value is -2.57. The second-order valence-electron chi connectivity index (χ2n) is 6.58. The van der Waals surface area contributed by atoms with Crippen molar-refractivity contribution in [3.63, 3.8) is 0 Å². The maximum absolute atomic E-state index is 12.8. The van der Waals surface area contributed by atoms with Crippen LogP contribution in [0, 0.1) is 6.92 Å². The molecule has 0 radical (unpaired) electrons. The number of nitrogens with zero attached hydrogens (tertiary/aromatic N) is 3. The molecule has 6 nitrogen and oxygen atoms in total.